The van der Waals surface area contributed by atoms with Crippen molar-refractivity contribution in [3.63, 3.8) is 0 Å². The largest absolute Gasteiger partial charge is 0.363 e. The summed E-state index contributed by atoms with van der Waals surface area (Å²) in [6.45, 7) is -0.710. The van der Waals surface area contributed by atoms with Gasteiger partial charge in [0.25, 0.3) is 6.08 Å². The molecule has 0 aliphatic heterocycles. The van der Waals surface area contributed by atoms with E-state index < -0.39 is 11.8 Å². The van der Waals surface area contributed by atoms with Crippen LogP contribution in [-0.4, -0.2) is 45.0 Å². The minimum absolute atomic E-state index is 0.338. The van der Waals surface area contributed by atoms with Gasteiger partial charge < -0.3 is 10.6 Å². The van der Waals surface area contributed by atoms with Crippen LogP contribution >= 0.6 is 0 Å². The highest BCUT2D eigenvalue weighted by Gasteiger charge is 2.12. The van der Waals surface area contributed by atoms with Gasteiger partial charge in [-0.1, -0.05) is 0 Å². The molecular weight excluding hydrogens is 368 g/mol. The molecule has 2 N–H and O–H groups in total. The molecule has 28 heavy (non-hydrogen) atoms. The van der Waals surface area contributed by atoms with Crippen LogP contribution in [0.3, 0.4) is 0 Å². The zero-order valence-electron chi connectivity index (χ0n) is 15.4. The van der Waals surface area contributed by atoms with Crippen molar-refractivity contribution in [3.8, 4) is 16.9 Å². The SMILES string of the molecule is CN(C)c1ccc(-c2ccc(-n3cnn(CC(CN)=C(F)F)c3=O)cn2)cn1. The van der Waals surface area contributed by atoms with E-state index in [0.29, 0.717) is 11.4 Å². The number of pyridine rings is 2. The molecule has 8 nitrogen and oxygen atoms in total. The normalized spacial score (nSPS) is 10.8. The van der Waals surface area contributed by atoms with Crippen LogP contribution in [0.4, 0.5) is 14.6 Å². The highest BCUT2D eigenvalue weighted by molar-refractivity contribution is 5.60. The topological polar surface area (TPSA) is 94.9 Å². The van der Waals surface area contributed by atoms with Gasteiger partial charge in [-0.05, 0) is 24.3 Å². The highest BCUT2D eigenvalue weighted by Crippen LogP contribution is 2.19. The van der Waals surface area contributed by atoms with E-state index in [-0.39, 0.29) is 18.7 Å². The van der Waals surface area contributed by atoms with E-state index >= 15 is 0 Å². The molecule has 0 aromatic carbocycles. The van der Waals surface area contributed by atoms with Gasteiger partial charge in [0.15, 0.2) is 0 Å². The van der Waals surface area contributed by atoms with E-state index in [4.69, 9.17) is 5.73 Å². The van der Waals surface area contributed by atoms with Gasteiger partial charge >= 0.3 is 5.69 Å². The summed E-state index contributed by atoms with van der Waals surface area (Å²) in [6, 6.07) is 7.23. The number of anilines is 1. The molecular formula is C18H19F2N7O. The summed E-state index contributed by atoms with van der Waals surface area (Å²) in [5.41, 5.74) is 6.38. The fourth-order valence-corrected chi connectivity index (χ4v) is 2.51. The zero-order valence-corrected chi connectivity index (χ0v) is 15.4. The lowest BCUT2D eigenvalue weighted by Gasteiger charge is -2.11. The number of nitrogens with zero attached hydrogens (tertiary/aromatic N) is 6. The van der Waals surface area contributed by atoms with Crippen molar-refractivity contribution >= 4 is 5.82 Å². The molecule has 0 bridgehead atoms. The molecule has 0 saturated carbocycles. The molecule has 3 heterocycles. The summed E-state index contributed by atoms with van der Waals surface area (Å²) in [4.78, 5) is 23.0. The minimum atomic E-state index is -1.90. The number of halogens is 2. The van der Waals surface area contributed by atoms with Crippen molar-refractivity contribution in [2.24, 2.45) is 5.73 Å². The smallest absolute Gasteiger partial charge is 0.350 e. The van der Waals surface area contributed by atoms with Crippen molar-refractivity contribution < 1.29 is 8.78 Å². The molecule has 3 aromatic heterocycles. The summed E-state index contributed by atoms with van der Waals surface area (Å²) < 4.78 is 27.7. The first kappa shape index (κ1) is 19.4. The van der Waals surface area contributed by atoms with E-state index in [1.54, 1.807) is 18.3 Å². The van der Waals surface area contributed by atoms with Gasteiger partial charge in [0.05, 0.1) is 24.1 Å². The Morgan fingerprint density at radius 2 is 1.93 bits per heavy atom. The van der Waals surface area contributed by atoms with E-state index in [1.807, 2.05) is 31.1 Å². The van der Waals surface area contributed by atoms with Crippen LogP contribution in [0, 0.1) is 0 Å². The standard InChI is InChI=1S/C18H19F2N7O/c1-25(2)16-6-3-12(8-23-16)15-5-4-14(9-22-15)26-11-24-27(18(26)28)10-13(7-21)17(19)20/h3-6,8-9,11H,7,10,21H2,1-2H3. The Kier molecular flexibility index (Phi) is 5.59. The van der Waals surface area contributed by atoms with Gasteiger partial charge in [-0.15, -0.1) is 0 Å². The van der Waals surface area contributed by atoms with E-state index in [9.17, 15) is 13.6 Å². The van der Waals surface area contributed by atoms with Crippen LogP contribution in [0.25, 0.3) is 16.9 Å². The van der Waals surface area contributed by atoms with Gasteiger partial charge in [0, 0.05) is 38.0 Å². The predicted octanol–water partition coefficient (Wildman–Crippen LogP) is 1.67. The van der Waals surface area contributed by atoms with Gasteiger partial charge in [-0.25, -0.2) is 19.0 Å². The maximum Gasteiger partial charge on any atom is 0.350 e. The summed E-state index contributed by atoms with van der Waals surface area (Å²) >= 11 is 0. The lowest BCUT2D eigenvalue weighted by Crippen LogP contribution is -2.26. The number of hydrogen-bond donors (Lipinski definition) is 1. The summed E-state index contributed by atoms with van der Waals surface area (Å²) in [7, 11) is 3.81. The van der Waals surface area contributed by atoms with Crippen molar-refractivity contribution in [2.45, 2.75) is 6.54 Å². The Bertz CT molecular complexity index is 1030. The first-order valence-corrected chi connectivity index (χ1v) is 8.38. The Morgan fingerprint density at radius 1 is 1.14 bits per heavy atom. The van der Waals surface area contributed by atoms with Crippen LogP contribution < -0.4 is 16.3 Å². The van der Waals surface area contributed by atoms with Crippen LogP contribution in [0.15, 0.2) is 59.4 Å². The zero-order chi connectivity index (χ0) is 20.3. The second kappa shape index (κ2) is 8.09. The molecule has 0 radical (unpaired) electrons. The Morgan fingerprint density at radius 3 is 2.46 bits per heavy atom. The second-order valence-electron chi connectivity index (χ2n) is 6.21. The monoisotopic (exact) mass is 387 g/mol. The van der Waals surface area contributed by atoms with Crippen molar-refractivity contribution in [1.82, 2.24) is 24.3 Å². The van der Waals surface area contributed by atoms with E-state index in [0.717, 1.165) is 16.1 Å². The molecule has 0 spiro atoms. The molecule has 0 amide bonds. The molecule has 0 aliphatic rings. The molecule has 10 heteroatoms. The maximum absolute atomic E-state index is 12.8. The average Bonchev–Trinajstić information content (AvgIpc) is 3.06. The quantitative estimate of drug-likeness (QED) is 0.691. The van der Waals surface area contributed by atoms with E-state index in [2.05, 4.69) is 15.1 Å². The van der Waals surface area contributed by atoms with Gasteiger partial charge in [0.1, 0.15) is 12.1 Å². The first-order chi connectivity index (χ1) is 13.4. The first-order valence-electron chi connectivity index (χ1n) is 8.38. The van der Waals surface area contributed by atoms with Crippen LogP contribution in [0.2, 0.25) is 0 Å². The van der Waals surface area contributed by atoms with Gasteiger partial charge in [-0.3, -0.25) is 4.98 Å². The highest BCUT2D eigenvalue weighted by atomic mass is 19.3. The summed E-state index contributed by atoms with van der Waals surface area (Å²) in [5.74, 6) is 0.829. The van der Waals surface area contributed by atoms with E-state index in [1.165, 1.54) is 17.1 Å². The molecule has 0 atom stereocenters. The second-order valence-corrected chi connectivity index (χ2v) is 6.21. The number of aromatic nitrogens is 5. The van der Waals surface area contributed by atoms with Crippen molar-refractivity contribution in [1.29, 1.82) is 0 Å². The lowest BCUT2D eigenvalue weighted by atomic mass is 10.2. The molecule has 0 fully saturated rings. The Labute approximate surface area is 159 Å². The fourth-order valence-electron chi connectivity index (χ4n) is 2.51. The van der Waals surface area contributed by atoms with Gasteiger partial charge in [0.2, 0.25) is 0 Å². The maximum atomic E-state index is 12.8. The molecule has 0 unspecified atom stereocenters. The van der Waals surface area contributed by atoms with Crippen molar-refractivity contribution in [3.05, 3.63) is 65.1 Å². The number of rotatable bonds is 6. The Balaban J connectivity index is 1.84. The molecule has 0 aliphatic carbocycles. The molecule has 146 valence electrons. The van der Waals surface area contributed by atoms with Crippen LogP contribution in [0.5, 0.6) is 0 Å². The third-order valence-corrected chi connectivity index (χ3v) is 4.12. The van der Waals surface area contributed by atoms with Crippen LogP contribution in [0.1, 0.15) is 0 Å². The summed E-state index contributed by atoms with van der Waals surface area (Å²) in [5, 5.41) is 3.87. The minimum Gasteiger partial charge on any atom is -0.363 e. The molecule has 0 saturated heterocycles. The van der Waals surface area contributed by atoms with Gasteiger partial charge in [-0.2, -0.15) is 13.9 Å². The predicted molar refractivity (Wildman–Crippen MR) is 101 cm³/mol. The third-order valence-electron chi connectivity index (χ3n) is 4.12. The number of nitrogens with two attached hydrogens (primary N) is 1. The Hall–Kier alpha value is -3.40. The lowest BCUT2D eigenvalue weighted by molar-refractivity contribution is 0.400. The molecule has 3 rings (SSSR count). The average molecular weight is 387 g/mol. The van der Waals surface area contributed by atoms with Crippen molar-refractivity contribution in [2.75, 3.05) is 25.5 Å². The number of hydrogen-bond acceptors (Lipinski definition) is 6. The molecule has 3 aromatic rings. The third kappa shape index (κ3) is 3.96. The fraction of sp³-hybridized carbons (Fsp3) is 0.222. The van der Waals surface area contributed by atoms with Crippen LogP contribution in [-0.2, 0) is 6.54 Å². The summed E-state index contributed by atoms with van der Waals surface area (Å²) in [6.07, 6.45) is 2.59.